The Hall–Kier alpha value is -1.07. The fourth-order valence-corrected chi connectivity index (χ4v) is 5.54. The molecule has 1 N–H and O–H groups in total. The summed E-state index contributed by atoms with van der Waals surface area (Å²) in [4.78, 5) is 14.0. The molecule has 0 saturated carbocycles. The average Bonchev–Trinajstić information content (AvgIpc) is 2.81. The van der Waals surface area contributed by atoms with Crippen LogP contribution in [-0.2, 0) is 4.79 Å². The first-order valence-electron chi connectivity index (χ1n) is 8.49. The normalized spacial score (nSPS) is 24.2. The Morgan fingerprint density at radius 1 is 1.12 bits per heavy atom. The van der Waals surface area contributed by atoms with E-state index in [4.69, 9.17) is 0 Å². The van der Waals surface area contributed by atoms with Crippen LogP contribution in [0.4, 0.5) is 4.39 Å². The summed E-state index contributed by atoms with van der Waals surface area (Å²) in [6.45, 7) is 0. The van der Waals surface area contributed by atoms with E-state index in [9.17, 15) is 9.18 Å². The van der Waals surface area contributed by atoms with Crippen LogP contribution in [-0.4, -0.2) is 11.5 Å². The minimum Gasteiger partial charge on any atom is -0.361 e. The van der Waals surface area contributed by atoms with Gasteiger partial charge in [-0.05, 0) is 71.5 Å². The fourth-order valence-electron chi connectivity index (χ4n) is 3.83. The van der Waals surface area contributed by atoms with E-state index in [0.29, 0.717) is 10.9 Å². The van der Waals surface area contributed by atoms with E-state index in [-0.39, 0.29) is 17.5 Å². The Labute approximate surface area is 154 Å². The van der Waals surface area contributed by atoms with Crippen molar-refractivity contribution in [3.63, 3.8) is 0 Å². The Kier molecular flexibility index (Phi) is 4.56. The van der Waals surface area contributed by atoms with Gasteiger partial charge in [0.1, 0.15) is 5.82 Å². The van der Waals surface area contributed by atoms with E-state index in [1.54, 1.807) is 0 Å². The third-order valence-corrected chi connectivity index (χ3v) is 6.86. The van der Waals surface area contributed by atoms with Crippen molar-refractivity contribution in [3.8, 4) is 0 Å². The molecule has 1 atom stereocenters. The highest BCUT2D eigenvalue weighted by molar-refractivity contribution is 9.10. The lowest BCUT2D eigenvalue weighted by molar-refractivity contribution is -0.116. The summed E-state index contributed by atoms with van der Waals surface area (Å²) in [5.74, 6) is 1.02. The van der Waals surface area contributed by atoms with E-state index in [0.717, 1.165) is 41.8 Å². The van der Waals surface area contributed by atoms with Crippen LogP contribution >= 0.6 is 27.7 Å². The van der Waals surface area contributed by atoms with Gasteiger partial charge in [0.2, 0.25) is 0 Å². The van der Waals surface area contributed by atoms with Crippen molar-refractivity contribution in [1.29, 1.82) is 0 Å². The summed E-state index contributed by atoms with van der Waals surface area (Å²) in [5.41, 5.74) is 4.29. The number of dihydropyridines is 1. The maximum Gasteiger partial charge on any atom is 0.161 e. The zero-order chi connectivity index (χ0) is 16.7. The third kappa shape index (κ3) is 2.86. The molecule has 4 rings (SSSR count). The topological polar surface area (TPSA) is 29.1 Å². The Balaban J connectivity index is 1.87. The van der Waals surface area contributed by atoms with Crippen molar-refractivity contribution in [2.75, 3.05) is 5.75 Å². The standard InChI is InChI=1S/C19H19BrFNOS/c20-12-10-11(7-8-13(12)21)17-18-14(5-3-6-16(18)23)22-15-4-1-2-9-24-19(15)17/h7-8,10,17,22H,1-6,9H2. The SMILES string of the molecule is O=C1CCCC2=C1C(c1ccc(F)c(Br)c1)C1=C(CCCCS1)N2. The summed E-state index contributed by atoms with van der Waals surface area (Å²) in [7, 11) is 0. The van der Waals surface area contributed by atoms with Gasteiger partial charge in [-0.15, -0.1) is 11.8 Å². The molecule has 1 unspecified atom stereocenters. The molecule has 0 saturated heterocycles. The second-order valence-corrected chi connectivity index (χ2v) is 8.54. The number of allylic oxidation sites excluding steroid dienone is 4. The number of carbonyl (C=O) groups is 1. The number of benzene rings is 1. The molecule has 24 heavy (non-hydrogen) atoms. The molecule has 1 aromatic rings. The van der Waals surface area contributed by atoms with Gasteiger partial charge < -0.3 is 5.32 Å². The van der Waals surface area contributed by atoms with E-state index in [1.165, 1.54) is 29.5 Å². The van der Waals surface area contributed by atoms with Gasteiger partial charge in [-0.2, -0.15) is 0 Å². The molecule has 5 heteroatoms. The van der Waals surface area contributed by atoms with Gasteiger partial charge >= 0.3 is 0 Å². The smallest absolute Gasteiger partial charge is 0.161 e. The van der Waals surface area contributed by atoms with Crippen LogP contribution in [0.1, 0.15) is 50.0 Å². The second-order valence-electron chi connectivity index (χ2n) is 6.55. The summed E-state index contributed by atoms with van der Waals surface area (Å²) in [6, 6.07) is 5.17. The van der Waals surface area contributed by atoms with Gasteiger partial charge in [-0.25, -0.2) is 4.39 Å². The number of hydrogen-bond acceptors (Lipinski definition) is 3. The van der Waals surface area contributed by atoms with Crippen LogP contribution in [0.15, 0.2) is 44.5 Å². The zero-order valence-corrected chi connectivity index (χ0v) is 15.7. The predicted octanol–water partition coefficient (Wildman–Crippen LogP) is 5.41. The highest BCUT2D eigenvalue weighted by Crippen LogP contribution is 2.48. The van der Waals surface area contributed by atoms with Crippen LogP contribution in [0.2, 0.25) is 0 Å². The molecule has 2 aliphatic heterocycles. The number of thioether (sulfide) groups is 1. The van der Waals surface area contributed by atoms with E-state index in [1.807, 2.05) is 23.9 Å². The number of rotatable bonds is 1. The number of carbonyl (C=O) groups excluding carboxylic acids is 1. The molecule has 126 valence electrons. The maximum absolute atomic E-state index is 13.7. The first kappa shape index (κ1) is 16.4. The molecule has 1 aliphatic carbocycles. The number of nitrogens with one attached hydrogen (secondary N) is 1. The Morgan fingerprint density at radius 3 is 2.79 bits per heavy atom. The fraction of sp³-hybridized carbons (Fsp3) is 0.421. The van der Waals surface area contributed by atoms with Gasteiger partial charge in [-0.3, -0.25) is 4.79 Å². The van der Waals surface area contributed by atoms with Crippen molar-refractivity contribution >= 4 is 33.5 Å². The van der Waals surface area contributed by atoms with Gasteiger partial charge in [0.05, 0.1) is 4.47 Å². The minimum absolute atomic E-state index is 0.0379. The highest BCUT2D eigenvalue weighted by Gasteiger charge is 2.37. The van der Waals surface area contributed by atoms with Gasteiger partial charge in [0.15, 0.2) is 5.78 Å². The van der Waals surface area contributed by atoms with Gasteiger partial charge in [-0.1, -0.05) is 6.07 Å². The number of Topliss-reactive ketones (excluding diaryl/α,β-unsaturated/α-hetero) is 1. The first-order valence-corrected chi connectivity index (χ1v) is 10.3. The predicted molar refractivity (Wildman–Crippen MR) is 99.2 cm³/mol. The van der Waals surface area contributed by atoms with E-state index < -0.39 is 0 Å². The summed E-state index contributed by atoms with van der Waals surface area (Å²) < 4.78 is 14.2. The molecule has 0 radical (unpaired) electrons. The highest BCUT2D eigenvalue weighted by atomic mass is 79.9. The van der Waals surface area contributed by atoms with Crippen molar-refractivity contribution in [3.05, 3.63) is 55.9 Å². The Bertz CT molecular complexity index is 771. The summed E-state index contributed by atoms with van der Waals surface area (Å²) in [6.07, 6.45) is 5.87. The zero-order valence-electron chi connectivity index (χ0n) is 13.3. The summed E-state index contributed by atoms with van der Waals surface area (Å²) in [5, 5.41) is 3.59. The Morgan fingerprint density at radius 2 is 1.96 bits per heavy atom. The molecule has 0 spiro atoms. The third-order valence-electron chi connectivity index (χ3n) is 4.96. The summed E-state index contributed by atoms with van der Waals surface area (Å²) >= 11 is 5.17. The van der Waals surface area contributed by atoms with Crippen LogP contribution in [0.5, 0.6) is 0 Å². The van der Waals surface area contributed by atoms with Gasteiger partial charge in [0.25, 0.3) is 0 Å². The number of hydrogen-bond donors (Lipinski definition) is 1. The second kappa shape index (κ2) is 6.68. The van der Waals surface area contributed by atoms with Crippen LogP contribution in [0.25, 0.3) is 0 Å². The van der Waals surface area contributed by atoms with Crippen molar-refractivity contribution in [2.45, 2.75) is 44.4 Å². The molecule has 2 nitrogen and oxygen atoms in total. The largest absolute Gasteiger partial charge is 0.361 e. The molecule has 0 aromatic heterocycles. The van der Waals surface area contributed by atoms with Crippen LogP contribution in [0, 0.1) is 5.82 Å². The minimum atomic E-state index is -0.264. The lowest BCUT2D eigenvalue weighted by Gasteiger charge is -2.35. The lowest BCUT2D eigenvalue weighted by atomic mass is 9.79. The molecule has 2 heterocycles. The molecule has 0 bridgehead atoms. The lowest BCUT2D eigenvalue weighted by Crippen LogP contribution is -2.31. The number of halogens is 2. The first-order chi connectivity index (χ1) is 11.6. The molecular weight excluding hydrogens is 389 g/mol. The van der Waals surface area contributed by atoms with Gasteiger partial charge in [0, 0.05) is 34.2 Å². The maximum atomic E-state index is 13.7. The van der Waals surface area contributed by atoms with Crippen molar-refractivity contribution < 1.29 is 9.18 Å². The number of ketones is 1. The average molecular weight is 408 g/mol. The molecule has 0 amide bonds. The quantitative estimate of drug-likeness (QED) is 0.674. The molecule has 0 fully saturated rings. The van der Waals surface area contributed by atoms with Crippen molar-refractivity contribution in [2.24, 2.45) is 0 Å². The van der Waals surface area contributed by atoms with Crippen LogP contribution < -0.4 is 5.32 Å². The van der Waals surface area contributed by atoms with E-state index in [2.05, 4.69) is 21.2 Å². The monoisotopic (exact) mass is 407 g/mol. The molecule has 1 aromatic carbocycles. The molecule has 3 aliphatic rings. The van der Waals surface area contributed by atoms with Crippen LogP contribution in [0.3, 0.4) is 0 Å². The molecular formula is C19H19BrFNOS. The van der Waals surface area contributed by atoms with E-state index >= 15 is 0 Å². The van der Waals surface area contributed by atoms with Crippen molar-refractivity contribution in [1.82, 2.24) is 5.32 Å².